The molecule has 3 aromatic rings. The van der Waals surface area contributed by atoms with Gasteiger partial charge < -0.3 is 14.8 Å². The Morgan fingerprint density at radius 2 is 2.00 bits per heavy atom. The number of carboxylic acids is 1. The lowest BCUT2D eigenvalue weighted by Crippen LogP contribution is -2.28. The van der Waals surface area contributed by atoms with Crippen molar-refractivity contribution in [1.82, 2.24) is 14.9 Å². The van der Waals surface area contributed by atoms with Gasteiger partial charge in [0.2, 0.25) is 0 Å². The first-order chi connectivity index (χ1) is 14.5. The lowest BCUT2D eigenvalue weighted by Gasteiger charge is -2.16. The molecule has 0 amide bonds. The van der Waals surface area contributed by atoms with Crippen molar-refractivity contribution in [1.29, 1.82) is 0 Å². The normalized spacial score (nSPS) is 23.7. The molecule has 5 rings (SSSR count). The van der Waals surface area contributed by atoms with Gasteiger partial charge in [-0.3, -0.25) is 9.69 Å². The molecule has 3 atom stereocenters. The molecule has 1 aliphatic heterocycles. The van der Waals surface area contributed by atoms with E-state index in [0.29, 0.717) is 29.1 Å². The summed E-state index contributed by atoms with van der Waals surface area (Å²) < 4.78 is 19.4. The number of fused-ring (bicyclic) bond motifs is 2. The quantitative estimate of drug-likeness (QED) is 0.669. The number of carboxylic acid groups (broad SMARTS) is 1. The molecule has 7 heteroatoms. The molecular formula is C23H24FN3O3. The number of carbonyl (C=O) groups is 1. The van der Waals surface area contributed by atoms with Crippen LogP contribution in [0.15, 0.2) is 36.5 Å². The highest BCUT2D eigenvalue weighted by Crippen LogP contribution is 2.47. The van der Waals surface area contributed by atoms with E-state index in [4.69, 9.17) is 9.84 Å². The number of aromatic amines is 1. The molecule has 0 spiro atoms. The number of aliphatic carboxylic acids is 1. The van der Waals surface area contributed by atoms with Gasteiger partial charge in [-0.15, -0.1) is 0 Å². The molecule has 0 radical (unpaired) electrons. The van der Waals surface area contributed by atoms with E-state index in [-0.39, 0.29) is 12.4 Å². The summed E-state index contributed by atoms with van der Waals surface area (Å²) in [6.07, 6.45) is 3.83. The van der Waals surface area contributed by atoms with E-state index >= 15 is 0 Å². The first-order valence-electron chi connectivity index (χ1n) is 10.3. The molecule has 1 aliphatic carbocycles. The summed E-state index contributed by atoms with van der Waals surface area (Å²) in [5.41, 5.74) is 3.55. The van der Waals surface area contributed by atoms with Crippen LogP contribution in [0.5, 0.6) is 5.75 Å². The monoisotopic (exact) mass is 409 g/mol. The minimum absolute atomic E-state index is 0.132. The third-order valence-electron chi connectivity index (χ3n) is 6.63. The molecule has 6 nitrogen and oxygen atoms in total. The Bertz CT molecular complexity index is 1100. The Morgan fingerprint density at radius 3 is 2.70 bits per heavy atom. The molecule has 1 saturated heterocycles. The van der Waals surface area contributed by atoms with Gasteiger partial charge in [0.05, 0.1) is 13.7 Å². The molecule has 156 valence electrons. The van der Waals surface area contributed by atoms with E-state index in [0.717, 1.165) is 48.2 Å². The zero-order valence-corrected chi connectivity index (χ0v) is 16.8. The van der Waals surface area contributed by atoms with E-state index in [1.165, 1.54) is 12.1 Å². The average Bonchev–Trinajstić information content (AvgIpc) is 3.39. The van der Waals surface area contributed by atoms with Crippen molar-refractivity contribution in [2.24, 2.45) is 11.8 Å². The summed E-state index contributed by atoms with van der Waals surface area (Å²) in [5.74, 6) is 1.05. The van der Waals surface area contributed by atoms with Crippen LogP contribution in [0.4, 0.5) is 4.39 Å². The number of halogens is 1. The molecule has 2 N–H and O–H groups in total. The van der Waals surface area contributed by atoms with Gasteiger partial charge in [0.15, 0.2) is 0 Å². The summed E-state index contributed by atoms with van der Waals surface area (Å²) in [5, 5.41) is 10.00. The molecule has 30 heavy (non-hydrogen) atoms. The Balaban J connectivity index is 1.43. The highest BCUT2D eigenvalue weighted by Gasteiger charge is 2.42. The minimum Gasteiger partial charge on any atom is -0.496 e. The summed E-state index contributed by atoms with van der Waals surface area (Å²) in [4.78, 5) is 21.0. The number of nitrogens with one attached hydrogen (secondary N) is 1. The Labute approximate surface area is 173 Å². The average molecular weight is 409 g/mol. The maximum Gasteiger partial charge on any atom is 0.317 e. The third-order valence-corrected chi connectivity index (χ3v) is 6.63. The number of pyridine rings is 1. The Morgan fingerprint density at radius 1 is 1.23 bits per heavy atom. The van der Waals surface area contributed by atoms with Gasteiger partial charge in [0.1, 0.15) is 17.2 Å². The van der Waals surface area contributed by atoms with Crippen molar-refractivity contribution < 1.29 is 19.0 Å². The van der Waals surface area contributed by atoms with Crippen LogP contribution in [0.1, 0.15) is 24.5 Å². The number of nitrogens with zero attached hydrogens (tertiary/aromatic N) is 2. The summed E-state index contributed by atoms with van der Waals surface area (Å²) in [7, 11) is 1.59. The van der Waals surface area contributed by atoms with Gasteiger partial charge in [-0.05, 0) is 66.5 Å². The second-order valence-electron chi connectivity index (χ2n) is 8.47. The van der Waals surface area contributed by atoms with Gasteiger partial charge >= 0.3 is 5.97 Å². The largest absolute Gasteiger partial charge is 0.496 e. The van der Waals surface area contributed by atoms with Crippen LogP contribution in [-0.4, -0.2) is 52.7 Å². The van der Waals surface area contributed by atoms with Crippen molar-refractivity contribution in [3.8, 4) is 16.9 Å². The number of methoxy groups -OCH3 is 1. The van der Waals surface area contributed by atoms with Crippen LogP contribution < -0.4 is 4.74 Å². The van der Waals surface area contributed by atoms with Crippen LogP contribution in [0.2, 0.25) is 0 Å². The molecule has 0 unspecified atom stereocenters. The smallest absolute Gasteiger partial charge is 0.317 e. The number of hydrogen-bond donors (Lipinski definition) is 2. The lowest BCUT2D eigenvalue weighted by atomic mass is 9.99. The fraction of sp³-hybridized carbons (Fsp3) is 0.391. The van der Waals surface area contributed by atoms with Crippen LogP contribution in [0, 0.1) is 17.7 Å². The minimum atomic E-state index is -0.756. The first kappa shape index (κ1) is 19.1. The van der Waals surface area contributed by atoms with Crippen molar-refractivity contribution >= 4 is 17.0 Å². The number of ether oxygens (including phenoxy) is 1. The van der Waals surface area contributed by atoms with E-state index in [1.54, 1.807) is 19.4 Å². The molecule has 2 aliphatic rings. The lowest BCUT2D eigenvalue weighted by molar-refractivity contribution is -0.138. The predicted molar refractivity (Wildman–Crippen MR) is 111 cm³/mol. The second kappa shape index (κ2) is 7.40. The fourth-order valence-corrected chi connectivity index (χ4v) is 5.36. The topological polar surface area (TPSA) is 78.5 Å². The number of H-pyrrole nitrogens is 1. The van der Waals surface area contributed by atoms with Gasteiger partial charge in [-0.1, -0.05) is 0 Å². The van der Waals surface area contributed by atoms with E-state index in [9.17, 15) is 9.18 Å². The highest BCUT2D eigenvalue weighted by atomic mass is 19.1. The SMILES string of the molecule is COc1ccc(F)cc1-c1ccnc2[nH]c([C@H]3C[C@@H]4CN(CC(=O)O)C[C@@H]4C3)cc12. The molecule has 2 fully saturated rings. The fourth-order valence-electron chi connectivity index (χ4n) is 5.36. The van der Waals surface area contributed by atoms with Gasteiger partial charge in [0.25, 0.3) is 0 Å². The van der Waals surface area contributed by atoms with E-state index in [2.05, 4.69) is 20.9 Å². The Kier molecular flexibility index (Phi) is 4.70. The standard InChI is InChI=1S/C23H24FN3O3/c1-30-21-3-2-16(24)8-18(21)17-4-5-25-23-19(17)9-20(26-23)13-6-14-10-27(12-22(28)29)11-15(14)7-13/h2-5,8-9,13-15H,6-7,10-12H2,1H3,(H,25,26)(H,28,29)/t13-,14+,15-. The van der Waals surface area contributed by atoms with E-state index < -0.39 is 5.97 Å². The predicted octanol–water partition coefficient (Wildman–Crippen LogP) is 3.89. The maximum atomic E-state index is 13.9. The second-order valence-corrected chi connectivity index (χ2v) is 8.47. The van der Waals surface area contributed by atoms with Crippen molar-refractivity contribution in [2.75, 3.05) is 26.7 Å². The van der Waals surface area contributed by atoms with Crippen LogP contribution in [0.3, 0.4) is 0 Å². The molecular weight excluding hydrogens is 385 g/mol. The molecule has 1 saturated carbocycles. The third kappa shape index (κ3) is 3.33. The zero-order chi connectivity index (χ0) is 20.8. The maximum absolute atomic E-state index is 13.9. The van der Waals surface area contributed by atoms with Crippen molar-refractivity contribution in [2.45, 2.75) is 18.8 Å². The van der Waals surface area contributed by atoms with Gasteiger partial charge in [-0.25, -0.2) is 9.37 Å². The van der Waals surface area contributed by atoms with Crippen LogP contribution in [0.25, 0.3) is 22.2 Å². The van der Waals surface area contributed by atoms with E-state index in [1.807, 2.05) is 6.07 Å². The number of likely N-dealkylation sites (tertiary alicyclic amines) is 1. The summed E-state index contributed by atoms with van der Waals surface area (Å²) >= 11 is 0. The number of rotatable bonds is 5. The van der Waals surface area contributed by atoms with Crippen LogP contribution in [-0.2, 0) is 4.79 Å². The van der Waals surface area contributed by atoms with Gasteiger partial charge in [0, 0.05) is 35.9 Å². The first-order valence-corrected chi connectivity index (χ1v) is 10.3. The zero-order valence-electron chi connectivity index (χ0n) is 16.8. The molecule has 2 aromatic heterocycles. The van der Waals surface area contributed by atoms with Crippen molar-refractivity contribution in [3.63, 3.8) is 0 Å². The molecule has 3 heterocycles. The van der Waals surface area contributed by atoms with Gasteiger partial charge in [-0.2, -0.15) is 0 Å². The van der Waals surface area contributed by atoms with Crippen molar-refractivity contribution in [3.05, 3.63) is 48.0 Å². The number of benzene rings is 1. The molecule has 0 bridgehead atoms. The number of hydrogen-bond acceptors (Lipinski definition) is 4. The number of aromatic nitrogens is 2. The molecule has 1 aromatic carbocycles. The highest BCUT2D eigenvalue weighted by molar-refractivity contribution is 5.95. The Hall–Kier alpha value is -2.93. The summed E-state index contributed by atoms with van der Waals surface area (Å²) in [6, 6.07) is 8.57. The summed E-state index contributed by atoms with van der Waals surface area (Å²) in [6.45, 7) is 1.85. The van der Waals surface area contributed by atoms with Crippen LogP contribution >= 0.6 is 0 Å².